The average molecular weight is 361 g/mol. The van der Waals surface area contributed by atoms with E-state index in [9.17, 15) is 14.0 Å². The van der Waals surface area contributed by atoms with Gasteiger partial charge in [-0.2, -0.15) is 0 Å². The fourth-order valence-corrected chi connectivity index (χ4v) is 2.24. The summed E-state index contributed by atoms with van der Waals surface area (Å²) in [7, 11) is 2.74. The first kappa shape index (κ1) is 19.2. The summed E-state index contributed by atoms with van der Waals surface area (Å²) in [6.07, 6.45) is -0.765. The Morgan fingerprint density at radius 2 is 1.81 bits per heavy atom. The number of ether oxygens (including phenoxy) is 3. The van der Waals surface area contributed by atoms with E-state index in [1.807, 2.05) is 0 Å². The van der Waals surface area contributed by atoms with E-state index in [2.05, 4.69) is 5.32 Å². The Morgan fingerprint density at radius 3 is 2.42 bits per heavy atom. The summed E-state index contributed by atoms with van der Waals surface area (Å²) < 4.78 is 28.2. The lowest BCUT2D eigenvalue weighted by molar-refractivity contribution is -0.127. The molecule has 0 aromatic heterocycles. The van der Waals surface area contributed by atoms with E-state index >= 15 is 0 Å². The first-order chi connectivity index (χ1) is 12.4. The van der Waals surface area contributed by atoms with Gasteiger partial charge in [0.2, 0.25) is 0 Å². The molecule has 1 N–H and O–H groups in total. The van der Waals surface area contributed by atoms with Crippen LogP contribution in [0.3, 0.4) is 0 Å². The molecule has 0 aliphatic rings. The van der Waals surface area contributed by atoms with Crippen molar-refractivity contribution in [1.82, 2.24) is 5.32 Å². The number of amides is 1. The molecule has 26 heavy (non-hydrogen) atoms. The molecule has 0 bridgehead atoms. The van der Waals surface area contributed by atoms with E-state index in [-0.39, 0.29) is 23.8 Å². The van der Waals surface area contributed by atoms with E-state index in [1.54, 1.807) is 25.1 Å². The van der Waals surface area contributed by atoms with E-state index in [0.29, 0.717) is 17.1 Å². The molecule has 1 atom stereocenters. The van der Waals surface area contributed by atoms with Crippen LogP contribution in [0, 0.1) is 5.82 Å². The molecule has 2 aromatic rings. The number of hydrogen-bond donors (Lipinski definition) is 1. The fourth-order valence-electron chi connectivity index (χ4n) is 2.24. The van der Waals surface area contributed by atoms with Gasteiger partial charge in [-0.1, -0.05) is 6.07 Å². The number of hydrogen-bond acceptors (Lipinski definition) is 5. The van der Waals surface area contributed by atoms with Crippen LogP contribution in [0.1, 0.15) is 22.8 Å². The van der Waals surface area contributed by atoms with Gasteiger partial charge in [0.25, 0.3) is 5.91 Å². The summed E-state index contributed by atoms with van der Waals surface area (Å²) in [6.45, 7) is 1.79. The molecule has 0 saturated carbocycles. The van der Waals surface area contributed by atoms with Crippen molar-refractivity contribution in [2.45, 2.75) is 19.6 Å². The highest BCUT2D eigenvalue weighted by Crippen LogP contribution is 2.21. The Hall–Kier alpha value is -3.09. The van der Waals surface area contributed by atoms with Crippen LogP contribution in [0.15, 0.2) is 42.5 Å². The van der Waals surface area contributed by atoms with Crippen molar-refractivity contribution in [3.8, 4) is 11.5 Å². The van der Waals surface area contributed by atoms with Crippen LogP contribution in [0.5, 0.6) is 11.5 Å². The molecule has 0 aliphatic heterocycles. The molecule has 7 heteroatoms. The predicted octanol–water partition coefficient (Wildman–Crippen LogP) is 2.70. The van der Waals surface area contributed by atoms with Crippen molar-refractivity contribution in [3.63, 3.8) is 0 Å². The third-order valence-electron chi connectivity index (χ3n) is 3.63. The lowest BCUT2D eigenvalue weighted by Crippen LogP contribution is -2.35. The van der Waals surface area contributed by atoms with Crippen molar-refractivity contribution in [2.24, 2.45) is 0 Å². The topological polar surface area (TPSA) is 73.9 Å². The molecule has 0 radical (unpaired) electrons. The van der Waals surface area contributed by atoms with Gasteiger partial charge in [-0.3, -0.25) is 4.79 Å². The quantitative estimate of drug-likeness (QED) is 0.768. The molecule has 1 amide bonds. The van der Waals surface area contributed by atoms with Gasteiger partial charge in [0.05, 0.1) is 14.2 Å². The zero-order chi connectivity index (χ0) is 19.1. The lowest BCUT2D eigenvalue weighted by atomic mass is 10.1. The number of carbonyl (C=O) groups excluding carboxylic acids is 2. The van der Waals surface area contributed by atoms with E-state index in [4.69, 9.17) is 14.2 Å². The molecular formula is C19H20FNO5. The van der Waals surface area contributed by atoms with Gasteiger partial charge >= 0.3 is 5.97 Å². The van der Waals surface area contributed by atoms with Crippen molar-refractivity contribution in [2.75, 3.05) is 14.2 Å². The number of rotatable bonds is 7. The van der Waals surface area contributed by atoms with Crippen LogP contribution >= 0.6 is 0 Å². The Morgan fingerprint density at radius 1 is 1.12 bits per heavy atom. The predicted molar refractivity (Wildman–Crippen MR) is 92.7 cm³/mol. The van der Waals surface area contributed by atoms with Crippen LogP contribution in [-0.2, 0) is 16.1 Å². The number of carbonyl (C=O) groups is 2. The molecule has 0 heterocycles. The monoisotopic (exact) mass is 361 g/mol. The van der Waals surface area contributed by atoms with Gasteiger partial charge in [-0.15, -0.1) is 0 Å². The van der Waals surface area contributed by atoms with Crippen LogP contribution < -0.4 is 14.8 Å². The summed E-state index contributed by atoms with van der Waals surface area (Å²) >= 11 is 0. The summed E-state index contributed by atoms with van der Waals surface area (Å²) in [6, 6.07) is 10.4. The molecule has 0 aliphatic carbocycles. The highest BCUT2D eigenvalue weighted by Gasteiger charge is 2.16. The summed E-state index contributed by atoms with van der Waals surface area (Å²) in [4.78, 5) is 23.9. The smallest absolute Gasteiger partial charge is 0.341 e. The SMILES string of the molecule is COC(=O)c1cc(CNC(=O)[C@@H](C)Oc2ccc(F)cc2)ccc1OC. The fraction of sp³-hybridized carbons (Fsp3) is 0.263. The third-order valence-corrected chi connectivity index (χ3v) is 3.63. The second-order valence-electron chi connectivity index (χ2n) is 5.46. The van der Waals surface area contributed by atoms with Crippen molar-refractivity contribution in [3.05, 3.63) is 59.4 Å². The molecule has 6 nitrogen and oxygen atoms in total. The summed E-state index contributed by atoms with van der Waals surface area (Å²) in [5.74, 6) is -0.463. The second-order valence-corrected chi connectivity index (χ2v) is 5.46. The highest BCUT2D eigenvalue weighted by molar-refractivity contribution is 5.92. The van der Waals surface area contributed by atoms with Crippen LogP contribution in [-0.4, -0.2) is 32.2 Å². The minimum atomic E-state index is -0.765. The first-order valence-electron chi connectivity index (χ1n) is 7.89. The average Bonchev–Trinajstić information content (AvgIpc) is 2.66. The van der Waals surface area contributed by atoms with Gasteiger partial charge in [-0.25, -0.2) is 9.18 Å². The minimum Gasteiger partial charge on any atom is -0.496 e. The van der Waals surface area contributed by atoms with Crippen molar-refractivity contribution >= 4 is 11.9 Å². The molecular weight excluding hydrogens is 341 g/mol. The highest BCUT2D eigenvalue weighted by atomic mass is 19.1. The second kappa shape index (κ2) is 8.84. The van der Waals surface area contributed by atoms with Crippen LogP contribution in [0.25, 0.3) is 0 Å². The van der Waals surface area contributed by atoms with Crippen molar-refractivity contribution in [1.29, 1.82) is 0 Å². The Labute approximate surface area is 150 Å². The first-order valence-corrected chi connectivity index (χ1v) is 7.89. The van der Waals surface area contributed by atoms with E-state index in [1.165, 1.54) is 38.5 Å². The molecule has 138 valence electrons. The minimum absolute atomic E-state index is 0.198. The van der Waals surface area contributed by atoms with Crippen LogP contribution in [0.2, 0.25) is 0 Å². The number of halogens is 1. The van der Waals surface area contributed by atoms with E-state index < -0.39 is 12.1 Å². The number of methoxy groups -OCH3 is 2. The van der Waals surface area contributed by atoms with Crippen molar-refractivity contribution < 1.29 is 28.2 Å². The molecule has 0 fully saturated rings. The Balaban J connectivity index is 1.97. The summed E-state index contributed by atoms with van der Waals surface area (Å²) in [5.41, 5.74) is 0.978. The number of nitrogens with one attached hydrogen (secondary N) is 1. The number of esters is 1. The van der Waals surface area contributed by atoms with Gasteiger partial charge in [-0.05, 0) is 48.9 Å². The van der Waals surface area contributed by atoms with Gasteiger partial charge < -0.3 is 19.5 Å². The molecule has 0 unspecified atom stereocenters. The molecule has 2 rings (SSSR count). The standard InChI is InChI=1S/C19H20FNO5/c1-12(26-15-7-5-14(20)6-8-15)18(22)21-11-13-4-9-17(24-2)16(10-13)19(23)25-3/h4-10,12H,11H2,1-3H3,(H,21,22)/t12-/m1/s1. The van der Waals surface area contributed by atoms with Gasteiger partial charge in [0.1, 0.15) is 22.9 Å². The maximum atomic E-state index is 12.9. The lowest BCUT2D eigenvalue weighted by Gasteiger charge is -2.15. The summed E-state index contributed by atoms with van der Waals surface area (Å²) in [5, 5.41) is 2.72. The van der Waals surface area contributed by atoms with Gasteiger partial charge in [0, 0.05) is 6.54 Å². The third kappa shape index (κ3) is 4.95. The van der Waals surface area contributed by atoms with Gasteiger partial charge in [0.15, 0.2) is 6.10 Å². The molecule has 2 aromatic carbocycles. The molecule has 0 spiro atoms. The Kier molecular flexibility index (Phi) is 6.54. The largest absolute Gasteiger partial charge is 0.496 e. The maximum absolute atomic E-state index is 12.9. The normalized spacial score (nSPS) is 11.4. The van der Waals surface area contributed by atoms with E-state index in [0.717, 1.165) is 0 Å². The zero-order valence-electron chi connectivity index (χ0n) is 14.7. The van der Waals surface area contributed by atoms with Crippen LogP contribution in [0.4, 0.5) is 4.39 Å². The maximum Gasteiger partial charge on any atom is 0.341 e. The zero-order valence-corrected chi connectivity index (χ0v) is 14.7. The Bertz CT molecular complexity index is 776. The number of benzene rings is 2. The molecule has 0 saturated heterocycles.